The van der Waals surface area contributed by atoms with Crippen LogP contribution in [0.1, 0.15) is 42.0 Å². The number of amides is 1. The van der Waals surface area contributed by atoms with Crippen molar-refractivity contribution in [3.05, 3.63) is 21.4 Å². The molecule has 21 heavy (non-hydrogen) atoms. The van der Waals surface area contributed by atoms with E-state index in [1.807, 2.05) is 16.2 Å². The Balaban J connectivity index is 0.00000220. The van der Waals surface area contributed by atoms with Crippen molar-refractivity contribution in [3.63, 3.8) is 0 Å². The molecule has 1 amide bonds. The molecular weight excluding hydrogens is 304 g/mol. The summed E-state index contributed by atoms with van der Waals surface area (Å²) in [6.45, 7) is 10.4. The van der Waals surface area contributed by atoms with Gasteiger partial charge in [-0.2, -0.15) is 0 Å². The quantitative estimate of drug-likeness (QED) is 0.918. The second-order valence-electron chi connectivity index (χ2n) is 5.86. The summed E-state index contributed by atoms with van der Waals surface area (Å²) >= 11 is 1.85. The lowest BCUT2D eigenvalue weighted by molar-refractivity contribution is -0.134. The Morgan fingerprint density at radius 2 is 2.14 bits per heavy atom. The van der Waals surface area contributed by atoms with E-state index in [0.29, 0.717) is 24.4 Å². The first-order valence-electron chi connectivity index (χ1n) is 7.58. The zero-order chi connectivity index (χ0) is 14.7. The van der Waals surface area contributed by atoms with Gasteiger partial charge < -0.3 is 10.2 Å². The fourth-order valence-electron chi connectivity index (χ4n) is 2.91. The fraction of sp³-hybridized carbons (Fsp3) is 0.688. The van der Waals surface area contributed by atoms with Gasteiger partial charge in [0.2, 0.25) is 5.91 Å². The van der Waals surface area contributed by atoms with E-state index in [4.69, 9.17) is 0 Å². The number of piperazine rings is 1. The van der Waals surface area contributed by atoms with Crippen molar-refractivity contribution in [3.8, 4) is 0 Å². The molecule has 2 atom stereocenters. The Kier molecular flexibility index (Phi) is 7.17. The Hall–Kier alpha value is -0.580. The van der Waals surface area contributed by atoms with Crippen molar-refractivity contribution in [2.75, 3.05) is 13.1 Å². The minimum atomic E-state index is 0. The number of halogens is 1. The maximum Gasteiger partial charge on any atom is 0.222 e. The molecule has 1 aromatic heterocycles. The number of thiophene rings is 1. The topological polar surface area (TPSA) is 32.3 Å². The third-order valence-electron chi connectivity index (χ3n) is 4.34. The number of nitrogens with one attached hydrogen (secondary N) is 1. The van der Waals surface area contributed by atoms with Gasteiger partial charge in [-0.1, -0.05) is 0 Å². The van der Waals surface area contributed by atoms with Gasteiger partial charge in [0.15, 0.2) is 0 Å². The Morgan fingerprint density at radius 1 is 1.43 bits per heavy atom. The van der Waals surface area contributed by atoms with E-state index in [9.17, 15) is 4.79 Å². The maximum absolute atomic E-state index is 12.3. The van der Waals surface area contributed by atoms with Crippen LogP contribution in [0, 0.1) is 13.8 Å². The molecule has 3 nitrogen and oxygen atoms in total. The second-order valence-corrected chi connectivity index (χ2v) is 7.32. The van der Waals surface area contributed by atoms with Crippen molar-refractivity contribution in [2.24, 2.45) is 0 Å². The van der Waals surface area contributed by atoms with Crippen LogP contribution < -0.4 is 5.32 Å². The van der Waals surface area contributed by atoms with Gasteiger partial charge in [0.05, 0.1) is 0 Å². The smallest absolute Gasteiger partial charge is 0.222 e. The molecule has 1 aliphatic rings. The van der Waals surface area contributed by atoms with Crippen molar-refractivity contribution in [1.82, 2.24) is 10.2 Å². The highest BCUT2D eigenvalue weighted by atomic mass is 35.5. The van der Waals surface area contributed by atoms with E-state index in [2.05, 4.69) is 39.1 Å². The maximum atomic E-state index is 12.3. The van der Waals surface area contributed by atoms with Crippen molar-refractivity contribution < 1.29 is 4.79 Å². The van der Waals surface area contributed by atoms with Gasteiger partial charge in [-0.3, -0.25) is 4.79 Å². The Bertz CT molecular complexity index is 475. The van der Waals surface area contributed by atoms with Gasteiger partial charge in [-0.15, -0.1) is 23.7 Å². The molecule has 1 saturated heterocycles. The molecule has 2 heterocycles. The highest BCUT2D eigenvalue weighted by Crippen LogP contribution is 2.22. The largest absolute Gasteiger partial charge is 0.337 e. The first-order valence-corrected chi connectivity index (χ1v) is 8.39. The standard InChI is InChI=1S/C16H26N2OS.ClH/c1-11-10-15(14(4)20-11)6-5-7-16(19)18-9-8-17-12(2)13(18)3;/h10,12-13,17H,5-9H2,1-4H3;1H. The third kappa shape index (κ3) is 4.70. The average Bonchev–Trinajstić information content (AvgIpc) is 2.71. The van der Waals surface area contributed by atoms with Crippen LogP contribution >= 0.6 is 23.7 Å². The summed E-state index contributed by atoms with van der Waals surface area (Å²) in [5.41, 5.74) is 1.42. The monoisotopic (exact) mass is 330 g/mol. The molecule has 0 saturated carbocycles. The minimum Gasteiger partial charge on any atom is -0.337 e. The van der Waals surface area contributed by atoms with E-state index < -0.39 is 0 Å². The molecule has 2 rings (SSSR count). The summed E-state index contributed by atoms with van der Waals surface area (Å²) in [5.74, 6) is 0.315. The first kappa shape index (κ1) is 18.5. The predicted molar refractivity (Wildman–Crippen MR) is 92.6 cm³/mol. The van der Waals surface area contributed by atoms with Crippen LogP contribution in [-0.2, 0) is 11.2 Å². The van der Waals surface area contributed by atoms with Gasteiger partial charge in [-0.05, 0) is 52.2 Å². The zero-order valence-electron chi connectivity index (χ0n) is 13.4. The molecule has 5 heteroatoms. The van der Waals surface area contributed by atoms with Crippen LogP contribution in [0.3, 0.4) is 0 Å². The Morgan fingerprint density at radius 3 is 2.76 bits per heavy atom. The van der Waals surface area contributed by atoms with Crippen LogP contribution in [0.4, 0.5) is 0 Å². The molecule has 1 aromatic rings. The van der Waals surface area contributed by atoms with E-state index >= 15 is 0 Å². The number of carbonyl (C=O) groups is 1. The van der Waals surface area contributed by atoms with Gasteiger partial charge >= 0.3 is 0 Å². The number of nitrogens with zero attached hydrogens (tertiary/aromatic N) is 1. The molecule has 0 aromatic carbocycles. The van der Waals surface area contributed by atoms with E-state index in [0.717, 1.165) is 25.9 Å². The van der Waals surface area contributed by atoms with E-state index in [1.165, 1.54) is 15.3 Å². The summed E-state index contributed by atoms with van der Waals surface area (Å²) in [6.07, 6.45) is 2.66. The average molecular weight is 331 g/mol. The lowest BCUT2D eigenvalue weighted by Crippen LogP contribution is -2.57. The van der Waals surface area contributed by atoms with Crippen LogP contribution in [-0.4, -0.2) is 36.0 Å². The molecule has 120 valence electrons. The number of carbonyl (C=O) groups excluding carboxylic acids is 1. The van der Waals surface area contributed by atoms with Gasteiger partial charge in [0.25, 0.3) is 0 Å². The fourth-order valence-corrected chi connectivity index (χ4v) is 3.89. The highest BCUT2D eigenvalue weighted by Gasteiger charge is 2.27. The number of hydrogen-bond acceptors (Lipinski definition) is 3. The minimum absolute atomic E-state index is 0. The molecule has 0 bridgehead atoms. The molecule has 0 spiro atoms. The molecule has 2 unspecified atom stereocenters. The lowest BCUT2D eigenvalue weighted by atomic mass is 10.0. The predicted octanol–water partition coefficient (Wildman–Crippen LogP) is 3.32. The third-order valence-corrected chi connectivity index (χ3v) is 5.34. The summed E-state index contributed by atoms with van der Waals surface area (Å²) < 4.78 is 0. The zero-order valence-corrected chi connectivity index (χ0v) is 15.1. The van der Waals surface area contributed by atoms with Gasteiger partial charge in [-0.25, -0.2) is 0 Å². The van der Waals surface area contributed by atoms with Crippen LogP contribution in [0.15, 0.2) is 6.07 Å². The summed E-state index contributed by atoms with van der Waals surface area (Å²) in [6, 6.07) is 2.97. The second kappa shape index (κ2) is 8.16. The van der Waals surface area contributed by atoms with Crippen LogP contribution in [0.25, 0.3) is 0 Å². The molecule has 1 N–H and O–H groups in total. The van der Waals surface area contributed by atoms with E-state index in [-0.39, 0.29) is 12.4 Å². The molecule has 0 radical (unpaired) electrons. The normalized spacial score (nSPS) is 22.0. The number of rotatable bonds is 4. The molecular formula is C16H27ClN2OS. The van der Waals surface area contributed by atoms with Gasteiger partial charge in [0, 0.05) is 41.3 Å². The molecule has 0 aliphatic carbocycles. The Labute approximate surface area is 138 Å². The van der Waals surface area contributed by atoms with Crippen LogP contribution in [0.5, 0.6) is 0 Å². The van der Waals surface area contributed by atoms with Crippen molar-refractivity contribution >= 4 is 29.7 Å². The van der Waals surface area contributed by atoms with E-state index in [1.54, 1.807) is 0 Å². The van der Waals surface area contributed by atoms with Crippen LogP contribution in [0.2, 0.25) is 0 Å². The lowest BCUT2D eigenvalue weighted by Gasteiger charge is -2.38. The molecule has 1 aliphatic heterocycles. The van der Waals surface area contributed by atoms with Crippen molar-refractivity contribution in [2.45, 2.75) is 59.0 Å². The summed E-state index contributed by atoms with van der Waals surface area (Å²) in [5, 5.41) is 3.42. The summed E-state index contributed by atoms with van der Waals surface area (Å²) in [7, 11) is 0. The highest BCUT2D eigenvalue weighted by molar-refractivity contribution is 7.12. The first-order chi connectivity index (χ1) is 9.49. The number of hydrogen-bond donors (Lipinski definition) is 1. The van der Waals surface area contributed by atoms with Gasteiger partial charge in [0.1, 0.15) is 0 Å². The number of aryl methyl sites for hydroxylation is 3. The van der Waals surface area contributed by atoms with Crippen molar-refractivity contribution in [1.29, 1.82) is 0 Å². The summed E-state index contributed by atoms with van der Waals surface area (Å²) in [4.78, 5) is 17.2. The molecule has 1 fully saturated rings. The SMILES string of the molecule is Cc1cc(CCCC(=O)N2CCNC(C)C2C)c(C)s1.Cl.